The van der Waals surface area contributed by atoms with Gasteiger partial charge in [-0.1, -0.05) is 6.07 Å². The van der Waals surface area contributed by atoms with E-state index in [2.05, 4.69) is 11.8 Å². The molecule has 0 aliphatic carbocycles. The van der Waals surface area contributed by atoms with Gasteiger partial charge in [0.05, 0.1) is 18.9 Å². The molecule has 1 fully saturated rings. The quantitative estimate of drug-likeness (QED) is 0.776. The third-order valence-electron chi connectivity index (χ3n) is 2.96. The van der Waals surface area contributed by atoms with Crippen molar-refractivity contribution in [2.45, 2.75) is 19.5 Å². The number of morpholine rings is 1. The maximum atomic E-state index is 13.3. The molecule has 1 heterocycles. The fourth-order valence-electron chi connectivity index (χ4n) is 1.90. The van der Waals surface area contributed by atoms with Crippen LogP contribution in [0.25, 0.3) is 0 Å². The predicted octanol–water partition coefficient (Wildman–Crippen LogP) is 1.63. The Morgan fingerprint density at radius 3 is 3.06 bits per heavy atom. The number of nitrogens with two attached hydrogens (primary N) is 1. The van der Waals surface area contributed by atoms with Crippen LogP contribution in [0.2, 0.25) is 0 Å². The van der Waals surface area contributed by atoms with Gasteiger partial charge in [-0.3, -0.25) is 4.90 Å². The molecule has 16 heavy (non-hydrogen) atoms. The zero-order valence-electron chi connectivity index (χ0n) is 9.45. The highest BCUT2D eigenvalue weighted by atomic mass is 19.1. The van der Waals surface area contributed by atoms with Gasteiger partial charge in [-0.05, 0) is 24.6 Å². The monoisotopic (exact) mass is 224 g/mol. The number of halogens is 1. The molecule has 0 bridgehead atoms. The highest BCUT2D eigenvalue weighted by molar-refractivity contribution is 5.41. The van der Waals surface area contributed by atoms with Crippen molar-refractivity contribution in [3.63, 3.8) is 0 Å². The lowest BCUT2D eigenvalue weighted by atomic mass is 10.1. The van der Waals surface area contributed by atoms with Crippen molar-refractivity contribution in [2.24, 2.45) is 0 Å². The molecular weight excluding hydrogens is 207 g/mol. The Hall–Kier alpha value is -1.13. The lowest BCUT2D eigenvalue weighted by Gasteiger charge is -2.33. The van der Waals surface area contributed by atoms with Crippen LogP contribution < -0.4 is 5.73 Å². The van der Waals surface area contributed by atoms with Gasteiger partial charge in [-0.2, -0.15) is 0 Å². The third kappa shape index (κ3) is 2.51. The van der Waals surface area contributed by atoms with Crippen LogP contribution in [0.4, 0.5) is 10.1 Å². The Kier molecular flexibility index (Phi) is 3.41. The summed E-state index contributed by atoms with van der Waals surface area (Å²) in [6.07, 6.45) is 0. The summed E-state index contributed by atoms with van der Waals surface area (Å²) in [6, 6.07) is 5.39. The van der Waals surface area contributed by atoms with Crippen molar-refractivity contribution in [1.82, 2.24) is 4.90 Å². The van der Waals surface area contributed by atoms with Crippen LogP contribution in [0.15, 0.2) is 18.2 Å². The number of benzene rings is 1. The fraction of sp³-hybridized carbons (Fsp3) is 0.500. The first kappa shape index (κ1) is 11.4. The average molecular weight is 224 g/mol. The summed E-state index contributed by atoms with van der Waals surface area (Å²) in [5.41, 5.74) is 6.61. The van der Waals surface area contributed by atoms with E-state index in [9.17, 15) is 4.39 Å². The second-order valence-electron chi connectivity index (χ2n) is 4.25. The molecule has 1 saturated heterocycles. The SMILES string of the molecule is C[C@@H]1COCCN1Cc1ccc(N)c(F)c1. The zero-order chi connectivity index (χ0) is 11.5. The summed E-state index contributed by atoms with van der Waals surface area (Å²) in [6.45, 7) is 5.26. The van der Waals surface area contributed by atoms with Crippen LogP contribution in [-0.4, -0.2) is 30.7 Å². The summed E-state index contributed by atoms with van der Waals surface area (Å²) in [4.78, 5) is 2.29. The van der Waals surface area contributed by atoms with E-state index < -0.39 is 0 Å². The first-order valence-electron chi connectivity index (χ1n) is 5.52. The number of ether oxygens (including phenoxy) is 1. The van der Waals surface area contributed by atoms with Crippen molar-refractivity contribution < 1.29 is 9.13 Å². The standard InChI is InChI=1S/C12H17FN2O/c1-9-8-16-5-4-15(9)7-10-2-3-12(14)11(13)6-10/h2-3,6,9H,4-5,7-8,14H2,1H3/t9-/m1/s1. The minimum atomic E-state index is -0.335. The normalized spacial score (nSPS) is 22.2. The number of anilines is 1. The Bertz CT molecular complexity index is 370. The summed E-state index contributed by atoms with van der Waals surface area (Å²) in [7, 11) is 0. The van der Waals surface area contributed by atoms with Gasteiger partial charge in [0.2, 0.25) is 0 Å². The van der Waals surface area contributed by atoms with E-state index in [-0.39, 0.29) is 11.5 Å². The van der Waals surface area contributed by atoms with Gasteiger partial charge < -0.3 is 10.5 Å². The average Bonchev–Trinajstić information content (AvgIpc) is 2.27. The summed E-state index contributed by atoms with van der Waals surface area (Å²) >= 11 is 0. The Labute approximate surface area is 95.0 Å². The summed E-state index contributed by atoms with van der Waals surface area (Å²) < 4.78 is 18.6. The van der Waals surface area contributed by atoms with E-state index in [4.69, 9.17) is 10.5 Å². The first-order valence-corrected chi connectivity index (χ1v) is 5.52. The molecule has 0 radical (unpaired) electrons. The number of hydrogen-bond donors (Lipinski definition) is 1. The molecule has 4 heteroatoms. The number of nitrogen functional groups attached to an aromatic ring is 1. The molecule has 1 aliphatic rings. The Morgan fingerprint density at radius 1 is 1.56 bits per heavy atom. The molecule has 1 aromatic rings. The molecule has 3 nitrogen and oxygen atoms in total. The fourth-order valence-corrected chi connectivity index (χ4v) is 1.90. The van der Waals surface area contributed by atoms with Gasteiger partial charge in [-0.15, -0.1) is 0 Å². The van der Waals surface area contributed by atoms with Gasteiger partial charge in [0.15, 0.2) is 0 Å². The van der Waals surface area contributed by atoms with E-state index in [1.165, 1.54) is 6.07 Å². The molecule has 0 unspecified atom stereocenters. The molecule has 0 saturated carbocycles. The first-order chi connectivity index (χ1) is 7.66. The van der Waals surface area contributed by atoms with E-state index in [1.807, 2.05) is 6.07 Å². The van der Waals surface area contributed by atoms with Crippen LogP contribution in [0.1, 0.15) is 12.5 Å². The smallest absolute Gasteiger partial charge is 0.146 e. The van der Waals surface area contributed by atoms with Gasteiger partial charge >= 0.3 is 0 Å². The molecule has 0 amide bonds. The van der Waals surface area contributed by atoms with Crippen molar-refractivity contribution >= 4 is 5.69 Å². The highest BCUT2D eigenvalue weighted by Crippen LogP contribution is 2.16. The second-order valence-corrected chi connectivity index (χ2v) is 4.25. The number of rotatable bonds is 2. The van der Waals surface area contributed by atoms with Crippen LogP contribution in [0.5, 0.6) is 0 Å². The van der Waals surface area contributed by atoms with Gasteiger partial charge in [-0.25, -0.2) is 4.39 Å². The van der Waals surface area contributed by atoms with E-state index in [0.717, 1.165) is 31.9 Å². The van der Waals surface area contributed by atoms with E-state index >= 15 is 0 Å². The van der Waals surface area contributed by atoms with E-state index in [0.29, 0.717) is 6.04 Å². The van der Waals surface area contributed by atoms with Gasteiger partial charge in [0, 0.05) is 19.1 Å². The van der Waals surface area contributed by atoms with Crippen molar-refractivity contribution in [3.05, 3.63) is 29.6 Å². The minimum Gasteiger partial charge on any atom is -0.396 e. The largest absolute Gasteiger partial charge is 0.396 e. The highest BCUT2D eigenvalue weighted by Gasteiger charge is 2.18. The summed E-state index contributed by atoms with van der Waals surface area (Å²) in [5.74, 6) is -0.335. The van der Waals surface area contributed by atoms with Crippen molar-refractivity contribution in [1.29, 1.82) is 0 Å². The molecule has 2 N–H and O–H groups in total. The topological polar surface area (TPSA) is 38.5 Å². The zero-order valence-corrected chi connectivity index (χ0v) is 9.45. The molecule has 1 aliphatic heterocycles. The van der Waals surface area contributed by atoms with Gasteiger partial charge in [0.1, 0.15) is 5.82 Å². The van der Waals surface area contributed by atoms with E-state index in [1.54, 1.807) is 6.07 Å². The summed E-state index contributed by atoms with van der Waals surface area (Å²) in [5, 5.41) is 0. The van der Waals surface area contributed by atoms with Crippen LogP contribution in [-0.2, 0) is 11.3 Å². The molecule has 1 atom stereocenters. The Balaban J connectivity index is 2.05. The predicted molar refractivity (Wildman–Crippen MR) is 61.5 cm³/mol. The lowest BCUT2D eigenvalue weighted by molar-refractivity contribution is -0.00439. The minimum absolute atomic E-state index is 0.207. The van der Waals surface area contributed by atoms with Crippen LogP contribution >= 0.6 is 0 Å². The molecule has 1 aromatic carbocycles. The lowest BCUT2D eigenvalue weighted by Crippen LogP contribution is -2.42. The maximum absolute atomic E-state index is 13.3. The number of nitrogens with zero attached hydrogens (tertiary/aromatic N) is 1. The third-order valence-corrected chi connectivity index (χ3v) is 2.96. The van der Waals surface area contributed by atoms with Crippen molar-refractivity contribution in [3.8, 4) is 0 Å². The second kappa shape index (κ2) is 4.80. The maximum Gasteiger partial charge on any atom is 0.146 e. The molecule has 0 spiro atoms. The van der Waals surface area contributed by atoms with Crippen LogP contribution in [0, 0.1) is 5.82 Å². The number of hydrogen-bond acceptors (Lipinski definition) is 3. The molecular formula is C12H17FN2O. The van der Waals surface area contributed by atoms with Crippen molar-refractivity contribution in [2.75, 3.05) is 25.5 Å². The molecule has 88 valence electrons. The van der Waals surface area contributed by atoms with Crippen LogP contribution in [0.3, 0.4) is 0 Å². The van der Waals surface area contributed by atoms with Gasteiger partial charge in [0.25, 0.3) is 0 Å². The molecule has 0 aromatic heterocycles. The molecule has 2 rings (SSSR count). The Morgan fingerprint density at radius 2 is 2.38 bits per heavy atom.